The molecule has 27 heavy (non-hydrogen) atoms. The van der Waals surface area contributed by atoms with Gasteiger partial charge in [0.2, 0.25) is 0 Å². The van der Waals surface area contributed by atoms with Gasteiger partial charge in [-0.1, -0.05) is 30.7 Å². The van der Waals surface area contributed by atoms with Gasteiger partial charge < -0.3 is 15.6 Å². The molecule has 1 saturated heterocycles. The van der Waals surface area contributed by atoms with Crippen LogP contribution in [0.2, 0.25) is 5.15 Å². The molecule has 0 aliphatic carbocycles. The first kappa shape index (κ1) is 17.8. The van der Waals surface area contributed by atoms with Gasteiger partial charge in [0.1, 0.15) is 22.9 Å². The molecule has 1 aromatic carbocycles. The van der Waals surface area contributed by atoms with E-state index in [-0.39, 0.29) is 6.04 Å². The van der Waals surface area contributed by atoms with Crippen LogP contribution in [0.15, 0.2) is 24.5 Å². The molecule has 2 atom stereocenters. The van der Waals surface area contributed by atoms with Crippen LogP contribution in [0.5, 0.6) is 0 Å². The van der Waals surface area contributed by atoms with Crippen molar-refractivity contribution >= 4 is 28.5 Å². The van der Waals surface area contributed by atoms with Gasteiger partial charge in [-0.25, -0.2) is 9.97 Å². The van der Waals surface area contributed by atoms with E-state index in [9.17, 15) is 5.26 Å². The molecule has 0 spiro atoms. The van der Waals surface area contributed by atoms with Crippen LogP contribution < -0.4 is 10.6 Å². The lowest BCUT2D eigenvalue weighted by atomic mass is 9.95. The molecule has 3 N–H and O–H groups in total. The van der Waals surface area contributed by atoms with Crippen LogP contribution >= 0.6 is 11.6 Å². The summed E-state index contributed by atoms with van der Waals surface area (Å²) >= 11 is 6.59. The number of aromatic amines is 1. The summed E-state index contributed by atoms with van der Waals surface area (Å²) in [5.74, 6) is 1.32. The Hall–Kier alpha value is -2.62. The summed E-state index contributed by atoms with van der Waals surface area (Å²) in [5.41, 5.74) is 10.2. The van der Waals surface area contributed by atoms with Gasteiger partial charge in [0.05, 0.1) is 17.0 Å². The van der Waals surface area contributed by atoms with E-state index in [4.69, 9.17) is 17.3 Å². The van der Waals surface area contributed by atoms with Gasteiger partial charge in [0, 0.05) is 24.7 Å². The van der Waals surface area contributed by atoms with Crippen LogP contribution in [0.1, 0.15) is 24.5 Å². The van der Waals surface area contributed by atoms with Gasteiger partial charge in [0.15, 0.2) is 0 Å². The molecule has 1 aliphatic heterocycles. The van der Waals surface area contributed by atoms with Crippen LogP contribution in [-0.4, -0.2) is 34.1 Å². The molecule has 1 aliphatic rings. The summed E-state index contributed by atoms with van der Waals surface area (Å²) in [4.78, 5) is 14.4. The number of nitrogens with one attached hydrogen (secondary N) is 1. The summed E-state index contributed by atoms with van der Waals surface area (Å²) in [6, 6.07) is 8.02. The maximum Gasteiger partial charge on any atom is 0.144 e. The molecular formula is C20H21ClN6. The van der Waals surface area contributed by atoms with Crippen LogP contribution in [0.25, 0.3) is 22.2 Å². The highest BCUT2D eigenvalue weighted by molar-refractivity contribution is 6.35. The number of aromatic nitrogens is 3. The first-order chi connectivity index (χ1) is 13.0. The third kappa shape index (κ3) is 3.03. The Bertz CT molecular complexity index is 1040. The Morgan fingerprint density at radius 2 is 2.15 bits per heavy atom. The number of halogens is 1. The van der Waals surface area contributed by atoms with Gasteiger partial charge in [0.25, 0.3) is 0 Å². The van der Waals surface area contributed by atoms with E-state index < -0.39 is 0 Å². The summed E-state index contributed by atoms with van der Waals surface area (Å²) in [7, 11) is 0. The molecule has 3 aromatic rings. The normalized spacial score (nSPS) is 20.0. The van der Waals surface area contributed by atoms with Crippen molar-refractivity contribution in [2.45, 2.75) is 26.3 Å². The van der Waals surface area contributed by atoms with Crippen molar-refractivity contribution in [3.05, 3.63) is 40.8 Å². The quantitative estimate of drug-likeness (QED) is 0.707. The Kier molecular flexibility index (Phi) is 4.50. The zero-order valence-electron chi connectivity index (χ0n) is 15.3. The van der Waals surface area contributed by atoms with Gasteiger partial charge >= 0.3 is 0 Å². The number of hydrogen-bond donors (Lipinski definition) is 2. The van der Waals surface area contributed by atoms with Crippen LogP contribution in [0.4, 0.5) is 5.82 Å². The number of rotatable bonds is 2. The average molecular weight is 381 g/mol. The number of anilines is 1. The van der Waals surface area contributed by atoms with Gasteiger partial charge in [-0.15, -0.1) is 0 Å². The lowest BCUT2D eigenvalue weighted by molar-refractivity contribution is 0.400. The molecule has 2 aromatic heterocycles. The third-order valence-corrected chi connectivity index (χ3v) is 5.52. The highest BCUT2D eigenvalue weighted by atomic mass is 35.5. The average Bonchev–Trinajstić information content (AvgIpc) is 2.97. The second kappa shape index (κ2) is 6.84. The van der Waals surface area contributed by atoms with Crippen LogP contribution in [0, 0.1) is 24.2 Å². The minimum atomic E-state index is 0.111. The monoisotopic (exact) mass is 380 g/mol. The smallest absolute Gasteiger partial charge is 0.144 e. The number of benzene rings is 1. The van der Waals surface area contributed by atoms with Crippen molar-refractivity contribution in [2.24, 2.45) is 11.7 Å². The van der Waals surface area contributed by atoms with E-state index in [0.717, 1.165) is 47.4 Å². The number of fused-ring (bicyclic) bond motifs is 1. The standard InChI is InChI=1S/C20H21ClN6/c1-11-6-14(23)9-27(8-11)20-17-16(18(21)26-19(17)24-10-25-20)15-5-3-4-13(7-22)12(15)2/h3-5,10-11,14H,6,8-9,23H2,1-2H3,(H,24,25,26)/t11-,14+/m0/s1. The van der Waals surface area contributed by atoms with E-state index in [0.29, 0.717) is 22.3 Å². The van der Waals surface area contributed by atoms with E-state index in [1.54, 1.807) is 6.33 Å². The molecule has 7 heteroatoms. The lowest BCUT2D eigenvalue weighted by Crippen LogP contribution is -2.46. The molecule has 0 radical (unpaired) electrons. The fourth-order valence-corrected chi connectivity index (χ4v) is 4.36. The predicted octanol–water partition coefficient (Wildman–Crippen LogP) is 3.63. The number of hydrogen-bond acceptors (Lipinski definition) is 5. The van der Waals surface area contributed by atoms with Gasteiger partial charge in [-0.2, -0.15) is 5.26 Å². The van der Waals surface area contributed by atoms with E-state index in [2.05, 4.69) is 32.8 Å². The lowest BCUT2D eigenvalue weighted by Gasteiger charge is -2.36. The van der Waals surface area contributed by atoms with E-state index in [1.807, 2.05) is 25.1 Å². The Morgan fingerprint density at radius 3 is 2.89 bits per heavy atom. The number of nitrogens with zero attached hydrogens (tertiary/aromatic N) is 4. The molecule has 4 rings (SSSR count). The third-order valence-electron chi connectivity index (χ3n) is 5.24. The van der Waals surface area contributed by atoms with E-state index >= 15 is 0 Å². The van der Waals surface area contributed by atoms with Crippen molar-refractivity contribution in [2.75, 3.05) is 18.0 Å². The van der Waals surface area contributed by atoms with Gasteiger partial charge in [-0.3, -0.25) is 0 Å². The largest absolute Gasteiger partial charge is 0.354 e. The minimum absolute atomic E-state index is 0.111. The number of nitrogens with two attached hydrogens (primary N) is 1. The molecule has 6 nitrogen and oxygen atoms in total. The highest BCUT2D eigenvalue weighted by Crippen LogP contribution is 2.41. The second-order valence-electron chi connectivity index (χ2n) is 7.33. The molecular weight excluding hydrogens is 360 g/mol. The summed E-state index contributed by atoms with van der Waals surface area (Å²) in [5, 5.41) is 10.8. The highest BCUT2D eigenvalue weighted by Gasteiger charge is 2.27. The minimum Gasteiger partial charge on any atom is -0.354 e. The SMILES string of the molecule is Cc1c(C#N)cccc1-c1c(Cl)[nH]c2ncnc(N3C[C@@H](C)C[C@@H](N)C3)c12. The number of nitriles is 1. The van der Waals surface area contributed by atoms with Gasteiger partial charge in [-0.05, 0) is 36.5 Å². The zero-order valence-corrected chi connectivity index (χ0v) is 16.1. The molecule has 0 bridgehead atoms. The molecule has 1 fully saturated rings. The first-order valence-electron chi connectivity index (χ1n) is 9.02. The molecule has 138 valence electrons. The Morgan fingerprint density at radius 1 is 1.33 bits per heavy atom. The Labute approximate surface area is 163 Å². The predicted molar refractivity (Wildman–Crippen MR) is 108 cm³/mol. The van der Waals surface area contributed by atoms with Crippen molar-refractivity contribution in [1.82, 2.24) is 15.0 Å². The van der Waals surface area contributed by atoms with Crippen LogP contribution in [0.3, 0.4) is 0 Å². The first-order valence-corrected chi connectivity index (χ1v) is 9.40. The topological polar surface area (TPSA) is 94.6 Å². The summed E-state index contributed by atoms with van der Waals surface area (Å²) in [6.07, 6.45) is 2.56. The number of H-pyrrole nitrogens is 1. The summed E-state index contributed by atoms with van der Waals surface area (Å²) in [6.45, 7) is 5.77. The molecule has 0 saturated carbocycles. The van der Waals surface area contributed by atoms with Crippen LogP contribution in [-0.2, 0) is 0 Å². The number of piperidine rings is 1. The second-order valence-corrected chi connectivity index (χ2v) is 7.71. The molecule has 0 unspecified atom stereocenters. The fraction of sp³-hybridized carbons (Fsp3) is 0.350. The fourth-order valence-electron chi connectivity index (χ4n) is 4.07. The molecule has 3 heterocycles. The summed E-state index contributed by atoms with van der Waals surface area (Å²) < 4.78 is 0. The van der Waals surface area contributed by atoms with Crippen molar-refractivity contribution in [1.29, 1.82) is 5.26 Å². The van der Waals surface area contributed by atoms with Crippen molar-refractivity contribution < 1.29 is 0 Å². The Balaban J connectivity index is 1.95. The molecule has 0 amide bonds. The zero-order chi connectivity index (χ0) is 19.1. The maximum absolute atomic E-state index is 9.40. The maximum atomic E-state index is 9.40. The van der Waals surface area contributed by atoms with Crippen molar-refractivity contribution in [3.63, 3.8) is 0 Å². The van der Waals surface area contributed by atoms with E-state index in [1.165, 1.54) is 0 Å². The van der Waals surface area contributed by atoms with Crippen molar-refractivity contribution in [3.8, 4) is 17.2 Å².